The first-order valence-electron chi connectivity index (χ1n) is 8.62. The number of urea groups is 1. The Kier molecular flexibility index (Phi) is 6.14. The number of amides is 2. The minimum absolute atomic E-state index is 0.0545. The van der Waals surface area contributed by atoms with E-state index < -0.39 is 35.3 Å². The summed E-state index contributed by atoms with van der Waals surface area (Å²) in [6.07, 6.45) is -0.703. The molecule has 0 aliphatic heterocycles. The van der Waals surface area contributed by atoms with E-state index >= 15 is 0 Å². The highest BCUT2D eigenvalue weighted by atomic mass is 19.4. The smallest absolute Gasteiger partial charge is 0.418 e. The van der Waals surface area contributed by atoms with Gasteiger partial charge in [0.15, 0.2) is 11.6 Å². The number of carbonyl (C=O) groups is 1. The molecule has 3 aromatic rings. The van der Waals surface area contributed by atoms with E-state index in [1.165, 1.54) is 31.6 Å². The van der Waals surface area contributed by atoms with E-state index in [9.17, 15) is 22.4 Å². The summed E-state index contributed by atoms with van der Waals surface area (Å²) in [6.45, 7) is 0. The Morgan fingerprint density at radius 2 is 1.90 bits per heavy atom. The second-order valence-corrected chi connectivity index (χ2v) is 6.10. The van der Waals surface area contributed by atoms with Crippen molar-refractivity contribution >= 4 is 11.7 Å². The number of hydrogen-bond donors (Lipinski definition) is 2. The molecule has 0 fully saturated rings. The number of rotatable bonds is 5. The van der Waals surface area contributed by atoms with Crippen LogP contribution in [-0.2, 0) is 6.18 Å². The van der Waals surface area contributed by atoms with Crippen molar-refractivity contribution in [1.82, 2.24) is 15.3 Å². The number of alkyl halides is 3. The van der Waals surface area contributed by atoms with E-state index in [4.69, 9.17) is 4.74 Å². The van der Waals surface area contributed by atoms with Crippen LogP contribution in [0.1, 0.15) is 22.9 Å². The summed E-state index contributed by atoms with van der Waals surface area (Å²) in [5, 5.41) is 4.89. The van der Waals surface area contributed by atoms with Crippen molar-refractivity contribution in [2.45, 2.75) is 12.2 Å². The Balaban J connectivity index is 2.02. The lowest BCUT2D eigenvalue weighted by Gasteiger charge is -2.23. The number of anilines is 1. The number of pyridine rings is 2. The van der Waals surface area contributed by atoms with Crippen molar-refractivity contribution in [3.8, 4) is 5.75 Å². The Bertz CT molecular complexity index is 1030. The van der Waals surface area contributed by atoms with Gasteiger partial charge in [-0.25, -0.2) is 9.18 Å². The number of hydrogen-bond acceptors (Lipinski definition) is 4. The molecule has 1 unspecified atom stereocenters. The first-order chi connectivity index (χ1) is 14.3. The van der Waals surface area contributed by atoms with Crippen LogP contribution in [-0.4, -0.2) is 23.1 Å². The molecule has 0 saturated heterocycles. The standard InChI is InChI=1S/C20H16F4N4O2/c1-30-16-7-6-12(10-15(16)21)17(18-14(20(22,23)24)5-3-9-26-18)28-19(29)27-13-4-2-8-25-11-13/h2-11,17H,1H3,(H2,27,28,29). The predicted molar refractivity (Wildman–Crippen MR) is 100 cm³/mol. The van der Waals surface area contributed by atoms with Gasteiger partial charge >= 0.3 is 12.2 Å². The van der Waals surface area contributed by atoms with Crippen LogP contribution in [0.4, 0.5) is 28.0 Å². The molecule has 2 heterocycles. The van der Waals surface area contributed by atoms with Crippen LogP contribution in [0.3, 0.4) is 0 Å². The number of aromatic nitrogens is 2. The van der Waals surface area contributed by atoms with Gasteiger partial charge in [0.2, 0.25) is 0 Å². The lowest BCUT2D eigenvalue weighted by molar-refractivity contribution is -0.138. The fourth-order valence-corrected chi connectivity index (χ4v) is 2.79. The maximum atomic E-state index is 14.2. The summed E-state index contributed by atoms with van der Waals surface area (Å²) in [7, 11) is 1.26. The van der Waals surface area contributed by atoms with Gasteiger partial charge in [0, 0.05) is 12.4 Å². The first kappa shape index (κ1) is 21.0. The number of halogens is 4. The lowest BCUT2D eigenvalue weighted by Crippen LogP contribution is -2.35. The molecule has 3 rings (SSSR count). The van der Waals surface area contributed by atoms with Crippen molar-refractivity contribution in [1.29, 1.82) is 0 Å². The molecule has 1 atom stereocenters. The Morgan fingerprint density at radius 3 is 2.53 bits per heavy atom. The third-order valence-corrected chi connectivity index (χ3v) is 4.12. The molecule has 0 bridgehead atoms. The number of nitrogens with one attached hydrogen (secondary N) is 2. The number of methoxy groups -OCH3 is 1. The fraction of sp³-hybridized carbons (Fsp3) is 0.150. The summed E-state index contributed by atoms with van der Waals surface area (Å²) < 4.78 is 59.7. The van der Waals surface area contributed by atoms with Crippen molar-refractivity contribution in [3.05, 3.63) is 83.7 Å². The van der Waals surface area contributed by atoms with Crippen LogP contribution in [0, 0.1) is 5.82 Å². The minimum Gasteiger partial charge on any atom is -0.494 e. The van der Waals surface area contributed by atoms with Gasteiger partial charge in [-0.3, -0.25) is 9.97 Å². The van der Waals surface area contributed by atoms with E-state index in [1.54, 1.807) is 12.1 Å². The van der Waals surface area contributed by atoms with Gasteiger partial charge in [0.05, 0.1) is 36.3 Å². The van der Waals surface area contributed by atoms with Crippen molar-refractivity contribution in [2.24, 2.45) is 0 Å². The van der Waals surface area contributed by atoms with Crippen LogP contribution >= 0.6 is 0 Å². The van der Waals surface area contributed by atoms with Crippen LogP contribution in [0.2, 0.25) is 0 Å². The quantitative estimate of drug-likeness (QED) is 0.594. The predicted octanol–water partition coefficient (Wildman–Crippen LogP) is 4.55. The molecular formula is C20H16F4N4O2. The van der Waals surface area contributed by atoms with E-state index in [2.05, 4.69) is 20.6 Å². The number of ether oxygens (including phenoxy) is 1. The van der Waals surface area contributed by atoms with E-state index in [-0.39, 0.29) is 11.3 Å². The number of carbonyl (C=O) groups excluding carboxylic acids is 1. The summed E-state index contributed by atoms with van der Waals surface area (Å²) in [5.74, 6) is -0.881. The highest BCUT2D eigenvalue weighted by molar-refractivity contribution is 5.89. The van der Waals surface area contributed by atoms with Gasteiger partial charge in [-0.1, -0.05) is 6.07 Å². The zero-order chi connectivity index (χ0) is 21.7. The fourth-order valence-electron chi connectivity index (χ4n) is 2.79. The average Bonchev–Trinajstić information content (AvgIpc) is 2.72. The maximum absolute atomic E-state index is 14.2. The Hall–Kier alpha value is -3.69. The second kappa shape index (κ2) is 8.76. The molecule has 0 spiro atoms. The summed E-state index contributed by atoms with van der Waals surface area (Å²) in [4.78, 5) is 20.1. The molecule has 30 heavy (non-hydrogen) atoms. The van der Waals surface area contributed by atoms with Crippen LogP contribution < -0.4 is 15.4 Å². The maximum Gasteiger partial charge on any atom is 0.418 e. The summed E-state index contributed by atoms with van der Waals surface area (Å²) in [6, 6.07) is 6.50. The molecule has 0 radical (unpaired) electrons. The van der Waals surface area contributed by atoms with Gasteiger partial charge in [-0.2, -0.15) is 13.2 Å². The van der Waals surface area contributed by atoms with E-state index in [1.807, 2.05) is 0 Å². The normalized spacial score (nSPS) is 12.2. The molecule has 6 nitrogen and oxygen atoms in total. The number of benzene rings is 1. The van der Waals surface area contributed by atoms with Gasteiger partial charge in [0.1, 0.15) is 0 Å². The third-order valence-electron chi connectivity index (χ3n) is 4.12. The molecule has 1 aromatic carbocycles. The van der Waals surface area contributed by atoms with Crippen molar-refractivity contribution < 1.29 is 27.1 Å². The third kappa shape index (κ3) is 4.83. The van der Waals surface area contributed by atoms with Crippen LogP contribution in [0.5, 0.6) is 5.75 Å². The topological polar surface area (TPSA) is 76.1 Å². The Morgan fingerprint density at radius 1 is 1.13 bits per heavy atom. The largest absolute Gasteiger partial charge is 0.494 e. The van der Waals surface area contributed by atoms with Crippen molar-refractivity contribution in [2.75, 3.05) is 12.4 Å². The summed E-state index contributed by atoms with van der Waals surface area (Å²) >= 11 is 0. The molecule has 2 aromatic heterocycles. The first-order valence-corrected chi connectivity index (χ1v) is 8.62. The average molecular weight is 420 g/mol. The number of nitrogens with zero attached hydrogens (tertiary/aromatic N) is 2. The molecule has 10 heteroatoms. The molecular weight excluding hydrogens is 404 g/mol. The van der Waals surface area contributed by atoms with E-state index in [0.717, 1.165) is 24.4 Å². The van der Waals surface area contributed by atoms with Crippen LogP contribution in [0.25, 0.3) is 0 Å². The highest BCUT2D eigenvalue weighted by Crippen LogP contribution is 2.36. The molecule has 0 saturated carbocycles. The SMILES string of the molecule is COc1ccc(C(NC(=O)Nc2cccnc2)c2ncccc2C(F)(F)F)cc1F. The van der Waals surface area contributed by atoms with Gasteiger partial charge in [-0.15, -0.1) is 0 Å². The minimum atomic E-state index is -4.73. The molecule has 0 aliphatic rings. The van der Waals surface area contributed by atoms with E-state index in [0.29, 0.717) is 5.69 Å². The molecule has 0 aliphatic carbocycles. The molecule has 156 valence electrons. The van der Waals surface area contributed by atoms with Gasteiger partial charge < -0.3 is 15.4 Å². The molecule has 2 amide bonds. The van der Waals surface area contributed by atoms with Gasteiger partial charge in [-0.05, 0) is 42.0 Å². The highest BCUT2D eigenvalue weighted by Gasteiger charge is 2.37. The van der Waals surface area contributed by atoms with Crippen LogP contribution in [0.15, 0.2) is 61.1 Å². The molecule has 2 N–H and O–H groups in total. The zero-order valence-electron chi connectivity index (χ0n) is 15.6. The van der Waals surface area contributed by atoms with Gasteiger partial charge in [0.25, 0.3) is 0 Å². The monoisotopic (exact) mass is 420 g/mol. The second-order valence-electron chi connectivity index (χ2n) is 6.10. The Labute approximate surface area is 168 Å². The lowest BCUT2D eigenvalue weighted by atomic mass is 9.98. The summed E-state index contributed by atoms with van der Waals surface area (Å²) in [5.41, 5.74) is -1.14. The van der Waals surface area contributed by atoms with Crippen molar-refractivity contribution in [3.63, 3.8) is 0 Å². The zero-order valence-corrected chi connectivity index (χ0v) is 15.6.